The van der Waals surface area contributed by atoms with Gasteiger partial charge in [-0.2, -0.15) is 5.26 Å². The van der Waals surface area contributed by atoms with E-state index in [-0.39, 0.29) is 11.8 Å². The monoisotopic (exact) mass is 279 g/mol. The van der Waals surface area contributed by atoms with Gasteiger partial charge in [0.1, 0.15) is 0 Å². The van der Waals surface area contributed by atoms with E-state index in [0.29, 0.717) is 32.4 Å². The van der Waals surface area contributed by atoms with Gasteiger partial charge in [-0.3, -0.25) is 14.5 Å². The van der Waals surface area contributed by atoms with Crippen LogP contribution in [0.1, 0.15) is 25.7 Å². The van der Waals surface area contributed by atoms with E-state index < -0.39 is 11.9 Å². The van der Waals surface area contributed by atoms with Gasteiger partial charge < -0.3 is 10.0 Å². The van der Waals surface area contributed by atoms with E-state index in [4.69, 9.17) is 10.4 Å². The average molecular weight is 279 g/mol. The van der Waals surface area contributed by atoms with E-state index in [2.05, 4.69) is 11.0 Å². The van der Waals surface area contributed by atoms with Crippen molar-refractivity contribution < 1.29 is 14.7 Å². The predicted octanol–water partition coefficient (Wildman–Crippen LogP) is 0.545. The molecule has 2 aliphatic rings. The van der Waals surface area contributed by atoms with Crippen molar-refractivity contribution in [2.24, 2.45) is 11.8 Å². The fourth-order valence-electron chi connectivity index (χ4n) is 3.19. The molecule has 0 aromatic carbocycles. The number of rotatable bonds is 4. The van der Waals surface area contributed by atoms with Crippen LogP contribution in [-0.2, 0) is 9.59 Å². The van der Waals surface area contributed by atoms with Crippen LogP contribution in [0.3, 0.4) is 0 Å². The normalized spacial score (nSPS) is 27.2. The molecule has 1 saturated heterocycles. The Morgan fingerprint density at radius 1 is 1.15 bits per heavy atom. The van der Waals surface area contributed by atoms with Crippen LogP contribution in [0.25, 0.3) is 0 Å². The Morgan fingerprint density at radius 3 is 2.40 bits per heavy atom. The molecule has 1 aliphatic heterocycles. The lowest BCUT2D eigenvalue weighted by Crippen LogP contribution is -2.51. The van der Waals surface area contributed by atoms with E-state index >= 15 is 0 Å². The third-order valence-corrected chi connectivity index (χ3v) is 4.37. The van der Waals surface area contributed by atoms with E-state index in [0.717, 1.165) is 26.1 Å². The van der Waals surface area contributed by atoms with Crippen LogP contribution in [0.5, 0.6) is 0 Å². The fourth-order valence-corrected chi connectivity index (χ4v) is 3.19. The Labute approximate surface area is 119 Å². The molecule has 6 heteroatoms. The smallest absolute Gasteiger partial charge is 0.307 e. The van der Waals surface area contributed by atoms with Crippen molar-refractivity contribution in [3.05, 3.63) is 0 Å². The highest BCUT2D eigenvalue weighted by atomic mass is 16.4. The first-order valence-electron chi connectivity index (χ1n) is 7.24. The zero-order valence-corrected chi connectivity index (χ0v) is 11.6. The van der Waals surface area contributed by atoms with Gasteiger partial charge >= 0.3 is 5.97 Å². The Balaban J connectivity index is 1.85. The number of carboxylic acids is 1. The van der Waals surface area contributed by atoms with Crippen LogP contribution in [-0.4, -0.2) is 59.5 Å². The standard InChI is InChI=1S/C14H21N3O3/c15-5-2-6-16-7-9-17(10-8-16)13(18)11-3-1-4-12(11)14(19)20/h11-12H,1-4,6-10H2,(H,19,20)/t11-,12+/m1/s1. The first-order valence-corrected chi connectivity index (χ1v) is 7.24. The molecule has 0 bridgehead atoms. The van der Waals surface area contributed by atoms with Crippen molar-refractivity contribution >= 4 is 11.9 Å². The summed E-state index contributed by atoms with van der Waals surface area (Å²) in [4.78, 5) is 27.6. The van der Waals surface area contributed by atoms with Crippen molar-refractivity contribution in [3.63, 3.8) is 0 Å². The lowest BCUT2D eigenvalue weighted by atomic mass is 9.94. The van der Waals surface area contributed by atoms with E-state index in [9.17, 15) is 9.59 Å². The second-order valence-corrected chi connectivity index (χ2v) is 5.56. The van der Waals surface area contributed by atoms with Crippen molar-refractivity contribution in [1.82, 2.24) is 9.80 Å². The minimum atomic E-state index is -0.839. The summed E-state index contributed by atoms with van der Waals surface area (Å²) in [5.41, 5.74) is 0. The molecule has 1 N–H and O–H groups in total. The van der Waals surface area contributed by atoms with E-state index in [1.165, 1.54) is 0 Å². The van der Waals surface area contributed by atoms with Crippen molar-refractivity contribution in [2.45, 2.75) is 25.7 Å². The molecule has 0 aromatic rings. The molecule has 2 rings (SSSR count). The fraction of sp³-hybridized carbons (Fsp3) is 0.786. The number of carbonyl (C=O) groups excluding carboxylic acids is 1. The van der Waals surface area contributed by atoms with Gasteiger partial charge in [0.15, 0.2) is 0 Å². The summed E-state index contributed by atoms with van der Waals surface area (Å²) >= 11 is 0. The molecule has 6 nitrogen and oxygen atoms in total. The molecule has 2 atom stereocenters. The van der Waals surface area contributed by atoms with Crippen LogP contribution >= 0.6 is 0 Å². The van der Waals surface area contributed by atoms with Gasteiger partial charge in [0.25, 0.3) is 0 Å². The molecule has 1 amide bonds. The first-order chi connectivity index (χ1) is 9.63. The zero-order valence-electron chi connectivity index (χ0n) is 11.6. The number of piperazine rings is 1. The summed E-state index contributed by atoms with van der Waals surface area (Å²) in [6.07, 6.45) is 2.66. The molecule has 0 aromatic heterocycles. The number of hydrogen-bond donors (Lipinski definition) is 1. The maximum atomic E-state index is 12.4. The van der Waals surface area contributed by atoms with Gasteiger partial charge in [0.2, 0.25) is 5.91 Å². The van der Waals surface area contributed by atoms with Gasteiger partial charge in [-0.15, -0.1) is 0 Å². The number of carbonyl (C=O) groups is 2. The summed E-state index contributed by atoms with van der Waals surface area (Å²) in [6.45, 7) is 3.59. The molecule has 0 unspecified atom stereocenters. The van der Waals surface area contributed by atoms with Crippen molar-refractivity contribution in [3.8, 4) is 6.07 Å². The maximum Gasteiger partial charge on any atom is 0.307 e. The minimum Gasteiger partial charge on any atom is -0.481 e. The van der Waals surface area contributed by atoms with Gasteiger partial charge in [-0.05, 0) is 12.8 Å². The molecule has 1 saturated carbocycles. The second-order valence-electron chi connectivity index (χ2n) is 5.56. The molecule has 110 valence electrons. The number of aliphatic carboxylic acids is 1. The highest BCUT2D eigenvalue weighted by molar-refractivity contribution is 5.85. The SMILES string of the molecule is N#CCCN1CCN(C(=O)[C@@H]2CCC[C@@H]2C(=O)O)CC1. The third-order valence-electron chi connectivity index (χ3n) is 4.37. The van der Waals surface area contributed by atoms with Crippen LogP contribution in [0, 0.1) is 23.2 Å². The molecular weight excluding hydrogens is 258 g/mol. The molecule has 2 fully saturated rings. The molecule has 0 radical (unpaired) electrons. The Kier molecular flexibility index (Phi) is 4.96. The minimum absolute atomic E-state index is 0.00910. The van der Waals surface area contributed by atoms with Crippen molar-refractivity contribution in [1.29, 1.82) is 5.26 Å². The lowest BCUT2D eigenvalue weighted by molar-refractivity contribution is -0.149. The molecule has 1 heterocycles. The molecule has 0 spiro atoms. The van der Waals surface area contributed by atoms with Crippen LogP contribution < -0.4 is 0 Å². The van der Waals surface area contributed by atoms with E-state index in [1.807, 2.05) is 0 Å². The Hall–Kier alpha value is -1.61. The molecule has 20 heavy (non-hydrogen) atoms. The first kappa shape index (κ1) is 14.8. The number of nitriles is 1. The van der Waals surface area contributed by atoms with Crippen LogP contribution in [0.2, 0.25) is 0 Å². The molecule has 1 aliphatic carbocycles. The predicted molar refractivity (Wildman–Crippen MR) is 71.7 cm³/mol. The summed E-state index contributed by atoms with van der Waals surface area (Å²) in [6, 6.07) is 2.12. The number of nitrogens with zero attached hydrogens (tertiary/aromatic N) is 3. The number of amides is 1. The van der Waals surface area contributed by atoms with E-state index in [1.54, 1.807) is 4.90 Å². The number of hydrogen-bond acceptors (Lipinski definition) is 4. The van der Waals surface area contributed by atoms with Gasteiger partial charge in [0, 0.05) is 39.1 Å². The number of carboxylic acid groups (broad SMARTS) is 1. The zero-order chi connectivity index (χ0) is 14.5. The topological polar surface area (TPSA) is 84.6 Å². The highest BCUT2D eigenvalue weighted by Crippen LogP contribution is 2.33. The van der Waals surface area contributed by atoms with Crippen LogP contribution in [0.4, 0.5) is 0 Å². The third kappa shape index (κ3) is 3.28. The Bertz CT molecular complexity index is 410. The molecular formula is C14H21N3O3. The van der Waals surface area contributed by atoms with Crippen molar-refractivity contribution in [2.75, 3.05) is 32.7 Å². The second kappa shape index (κ2) is 6.71. The van der Waals surface area contributed by atoms with Gasteiger partial charge in [-0.1, -0.05) is 6.42 Å². The summed E-state index contributed by atoms with van der Waals surface area (Å²) in [7, 11) is 0. The maximum absolute atomic E-state index is 12.4. The summed E-state index contributed by atoms with van der Waals surface area (Å²) in [5, 5.41) is 17.7. The lowest BCUT2D eigenvalue weighted by Gasteiger charge is -2.36. The largest absolute Gasteiger partial charge is 0.481 e. The van der Waals surface area contributed by atoms with Crippen LogP contribution in [0.15, 0.2) is 0 Å². The summed E-state index contributed by atoms with van der Waals surface area (Å²) in [5.74, 6) is -1.67. The Morgan fingerprint density at radius 2 is 1.80 bits per heavy atom. The average Bonchev–Trinajstić information content (AvgIpc) is 2.94. The quantitative estimate of drug-likeness (QED) is 0.812. The summed E-state index contributed by atoms with van der Waals surface area (Å²) < 4.78 is 0. The highest BCUT2D eigenvalue weighted by Gasteiger charge is 2.40. The van der Waals surface area contributed by atoms with Gasteiger partial charge in [-0.25, -0.2) is 0 Å². The van der Waals surface area contributed by atoms with Gasteiger partial charge in [0.05, 0.1) is 17.9 Å².